The lowest BCUT2D eigenvalue weighted by Gasteiger charge is -2.26. The summed E-state index contributed by atoms with van der Waals surface area (Å²) in [7, 11) is 0. The molecule has 1 aliphatic carbocycles. The van der Waals surface area contributed by atoms with Gasteiger partial charge >= 0.3 is 0 Å². The van der Waals surface area contributed by atoms with E-state index < -0.39 is 0 Å². The number of Topliss-reactive ketones (excluding diaryl/α,β-unsaturated/α-hetero) is 1. The molecule has 0 aromatic rings. The summed E-state index contributed by atoms with van der Waals surface area (Å²) in [6, 6.07) is 0. The number of carbonyl (C=O) groups excluding carboxylic acids is 1. The van der Waals surface area contributed by atoms with Crippen molar-refractivity contribution in [1.82, 2.24) is 0 Å². The Hall–Kier alpha value is -0.590. The van der Waals surface area contributed by atoms with E-state index in [1.54, 1.807) is 0 Å². The zero-order chi connectivity index (χ0) is 8.59. The fourth-order valence-electron chi connectivity index (χ4n) is 1.62. The molecule has 0 aromatic heterocycles. The highest BCUT2D eigenvalue weighted by Gasteiger charge is 2.27. The number of hydrogen-bond donors (Lipinski definition) is 0. The summed E-state index contributed by atoms with van der Waals surface area (Å²) < 4.78 is 0. The van der Waals surface area contributed by atoms with Crippen LogP contribution in [-0.2, 0) is 4.79 Å². The first-order valence-corrected chi connectivity index (χ1v) is 4.24. The highest BCUT2D eigenvalue weighted by atomic mass is 16.1. The molecule has 0 radical (unpaired) electrons. The van der Waals surface area contributed by atoms with Crippen LogP contribution in [0.15, 0.2) is 11.1 Å². The Balaban J connectivity index is 2.95. The van der Waals surface area contributed by atoms with Crippen molar-refractivity contribution in [3.8, 4) is 0 Å². The molecule has 1 rings (SSSR count). The predicted molar refractivity (Wildman–Crippen MR) is 46.3 cm³/mol. The molecular weight excluding hydrogens is 136 g/mol. The number of rotatable bonds is 0. The molecule has 0 aromatic carbocycles. The Morgan fingerprint density at radius 2 is 1.82 bits per heavy atom. The molecule has 0 amide bonds. The summed E-state index contributed by atoms with van der Waals surface area (Å²) >= 11 is 0. The molecule has 0 fully saturated rings. The van der Waals surface area contributed by atoms with E-state index in [4.69, 9.17) is 0 Å². The molecule has 0 bridgehead atoms. The van der Waals surface area contributed by atoms with Gasteiger partial charge in [-0.05, 0) is 31.8 Å². The van der Waals surface area contributed by atoms with Crippen molar-refractivity contribution in [3.63, 3.8) is 0 Å². The van der Waals surface area contributed by atoms with Gasteiger partial charge in [-0.25, -0.2) is 0 Å². The topological polar surface area (TPSA) is 17.1 Å². The molecule has 0 N–H and O–H groups in total. The Labute approximate surface area is 68.5 Å². The van der Waals surface area contributed by atoms with Crippen molar-refractivity contribution >= 4 is 5.78 Å². The quantitative estimate of drug-likeness (QED) is 0.521. The molecule has 0 heterocycles. The molecule has 2 atom stereocenters. The Morgan fingerprint density at radius 1 is 1.27 bits per heavy atom. The molecular formula is C10H16O. The van der Waals surface area contributed by atoms with Gasteiger partial charge in [0.25, 0.3) is 0 Å². The van der Waals surface area contributed by atoms with Crippen LogP contribution in [-0.4, -0.2) is 5.78 Å². The van der Waals surface area contributed by atoms with Crippen LogP contribution < -0.4 is 0 Å². The Bertz CT molecular complexity index is 213. The number of allylic oxidation sites excluding steroid dienone is 2. The highest BCUT2D eigenvalue weighted by Crippen LogP contribution is 2.30. The van der Waals surface area contributed by atoms with Gasteiger partial charge in [0.1, 0.15) is 0 Å². The van der Waals surface area contributed by atoms with E-state index in [-0.39, 0.29) is 5.92 Å². The van der Waals surface area contributed by atoms with Gasteiger partial charge in [-0.2, -0.15) is 0 Å². The third-order valence-electron chi connectivity index (χ3n) is 2.91. The Kier molecular flexibility index (Phi) is 2.17. The third-order valence-corrected chi connectivity index (χ3v) is 2.91. The van der Waals surface area contributed by atoms with E-state index in [1.165, 1.54) is 5.57 Å². The maximum atomic E-state index is 11.5. The average Bonchev–Trinajstić information content (AvgIpc) is 1.97. The summed E-state index contributed by atoms with van der Waals surface area (Å²) in [6.45, 7) is 8.19. The van der Waals surface area contributed by atoms with Crippen molar-refractivity contribution in [3.05, 3.63) is 11.1 Å². The summed E-state index contributed by atoms with van der Waals surface area (Å²) in [4.78, 5) is 11.5. The second-order valence-corrected chi connectivity index (χ2v) is 3.74. The maximum Gasteiger partial charge on any atom is 0.161 e. The van der Waals surface area contributed by atoms with Gasteiger partial charge in [-0.1, -0.05) is 19.4 Å². The van der Waals surface area contributed by atoms with Crippen LogP contribution in [0.4, 0.5) is 0 Å². The Morgan fingerprint density at radius 3 is 2.36 bits per heavy atom. The number of hydrogen-bond acceptors (Lipinski definition) is 1. The lowest BCUT2D eigenvalue weighted by atomic mass is 9.78. The minimum atomic E-state index is 0.235. The molecule has 1 nitrogen and oxygen atoms in total. The molecule has 62 valence electrons. The zero-order valence-corrected chi connectivity index (χ0v) is 7.77. The highest BCUT2D eigenvalue weighted by molar-refractivity contribution is 5.98. The first-order chi connectivity index (χ1) is 5.04. The monoisotopic (exact) mass is 152 g/mol. The van der Waals surface area contributed by atoms with Crippen molar-refractivity contribution in [2.75, 3.05) is 0 Å². The molecule has 2 unspecified atom stereocenters. The van der Waals surface area contributed by atoms with Crippen LogP contribution >= 0.6 is 0 Å². The lowest BCUT2D eigenvalue weighted by molar-refractivity contribution is -0.120. The van der Waals surface area contributed by atoms with Crippen molar-refractivity contribution in [1.29, 1.82) is 0 Å². The minimum Gasteiger partial charge on any atom is -0.294 e. The largest absolute Gasteiger partial charge is 0.294 e. The summed E-state index contributed by atoms with van der Waals surface area (Å²) in [5.74, 6) is 1.12. The van der Waals surface area contributed by atoms with E-state index in [0.717, 1.165) is 12.0 Å². The van der Waals surface area contributed by atoms with Crippen LogP contribution in [0.25, 0.3) is 0 Å². The van der Waals surface area contributed by atoms with Crippen LogP contribution in [0.3, 0.4) is 0 Å². The molecule has 0 spiro atoms. The smallest absolute Gasteiger partial charge is 0.161 e. The van der Waals surface area contributed by atoms with Crippen molar-refractivity contribution in [2.45, 2.75) is 34.1 Å². The van der Waals surface area contributed by atoms with Crippen LogP contribution in [0.5, 0.6) is 0 Å². The van der Waals surface area contributed by atoms with Gasteiger partial charge in [0, 0.05) is 5.92 Å². The van der Waals surface area contributed by atoms with Gasteiger partial charge in [0.05, 0.1) is 0 Å². The van der Waals surface area contributed by atoms with Gasteiger partial charge in [-0.3, -0.25) is 4.79 Å². The maximum absolute atomic E-state index is 11.5. The van der Waals surface area contributed by atoms with E-state index in [2.05, 4.69) is 13.8 Å². The van der Waals surface area contributed by atoms with Crippen LogP contribution in [0.1, 0.15) is 34.1 Å². The summed E-state index contributed by atoms with van der Waals surface area (Å²) in [6.07, 6.45) is 1.10. The summed E-state index contributed by atoms with van der Waals surface area (Å²) in [5, 5.41) is 0. The van der Waals surface area contributed by atoms with Gasteiger partial charge in [0.2, 0.25) is 0 Å². The minimum absolute atomic E-state index is 0.235. The van der Waals surface area contributed by atoms with E-state index in [0.29, 0.717) is 11.7 Å². The first kappa shape index (κ1) is 8.51. The SMILES string of the molecule is CC1=C(C)C(=O)C(C)C(C)C1. The molecule has 0 saturated carbocycles. The average molecular weight is 152 g/mol. The standard InChI is InChI=1S/C10H16O/c1-6-5-7(2)9(4)10(11)8(6)3/h6,8H,5H2,1-4H3. The van der Waals surface area contributed by atoms with E-state index in [9.17, 15) is 4.79 Å². The van der Waals surface area contributed by atoms with Crippen molar-refractivity contribution in [2.24, 2.45) is 11.8 Å². The number of ketones is 1. The first-order valence-electron chi connectivity index (χ1n) is 4.24. The van der Waals surface area contributed by atoms with Crippen molar-refractivity contribution < 1.29 is 4.79 Å². The van der Waals surface area contributed by atoms with E-state index in [1.807, 2.05) is 13.8 Å². The molecule has 1 aliphatic rings. The van der Waals surface area contributed by atoms with Crippen LogP contribution in [0, 0.1) is 11.8 Å². The fourth-order valence-corrected chi connectivity index (χ4v) is 1.62. The third kappa shape index (κ3) is 1.37. The second-order valence-electron chi connectivity index (χ2n) is 3.74. The molecule has 1 heteroatoms. The molecule has 0 saturated heterocycles. The zero-order valence-electron chi connectivity index (χ0n) is 7.77. The van der Waals surface area contributed by atoms with Gasteiger partial charge < -0.3 is 0 Å². The van der Waals surface area contributed by atoms with Gasteiger partial charge in [0.15, 0.2) is 5.78 Å². The second kappa shape index (κ2) is 2.80. The fraction of sp³-hybridized carbons (Fsp3) is 0.700. The molecule has 11 heavy (non-hydrogen) atoms. The van der Waals surface area contributed by atoms with Gasteiger partial charge in [-0.15, -0.1) is 0 Å². The normalized spacial score (nSPS) is 32.9. The summed E-state index contributed by atoms with van der Waals surface area (Å²) in [5.41, 5.74) is 2.27. The van der Waals surface area contributed by atoms with Crippen LogP contribution in [0.2, 0.25) is 0 Å². The lowest BCUT2D eigenvalue weighted by Crippen LogP contribution is -2.25. The molecule has 0 aliphatic heterocycles. The number of carbonyl (C=O) groups is 1. The van der Waals surface area contributed by atoms with E-state index >= 15 is 0 Å². The predicted octanol–water partition coefficient (Wildman–Crippen LogP) is 2.57.